The zero-order valence-corrected chi connectivity index (χ0v) is 12.7. The highest BCUT2D eigenvalue weighted by Gasteiger charge is 2.20. The average Bonchev–Trinajstić information content (AvgIpc) is 2.54. The third-order valence-corrected chi connectivity index (χ3v) is 4.38. The van der Waals surface area contributed by atoms with Crippen LogP contribution in [0.15, 0.2) is 65.6 Å². The summed E-state index contributed by atoms with van der Waals surface area (Å²) in [7, 11) is -4.06. The van der Waals surface area contributed by atoms with E-state index in [1.807, 2.05) is 30.3 Å². The normalized spacial score (nSPS) is 12.6. The molecule has 2 N–H and O–H groups in total. The van der Waals surface area contributed by atoms with Crippen molar-refractivity contribution in [2.24, 2.45) is 5.73 Å². The van der Waals surface area contributed by atoms with Crippen molar-refractivity contribution in [3.05, 3.63) is 66.2 Å². The molecule has 0 aliphatic heterocycles. The zero-order chi connectivity index (χ0) is 16.0. The molecule has 1 atom stereocenters. The third-order valence-electron chi connectivity index (χ3n) is 3.12. The number of hydrogen-bond donors (Lipinski definition) is 1. The van der Waals surface area contributed by atoms with Gasteiger partial charge in [0.2, 0.25) is 0 Å². The van der Waals surface area contributed by atoms with Crippen molar-refractivity contribution in [1.82, 2.24) is 0 Å². The molecule has 22 heavy (non-hydrogen) atoms. The molecule has 0 fully saturated rings. The Labute approximate surface area is 129 Å². The minimum atomic E-state index is -4.06. The molecule has 116 valence electrons. The third kappa shape index (κ3) is 4.41. The SMILES string of the molecule is NC(CCC(=O)OS(=O)(=O)c1ccccc1)c1ccccc1. The summed E-state index contributed by atoms with van der Waals surface area (Å²) in [4.78, 5) is 11.7. The molecule has 0 heterocycles. The minimum Gasteiger partial charge on any atom is -0.342 e. The number of hydrogen-bond acceptors (Lipinski definition) is 5. The Morgan fingerprint density at radius 2 is 1.55 bits per heavy atom. The van der Waals surface area contributed by atoms with Gasteiger partial charge in [-0.3, -0.25) is 4.79 Å². The first-order chi connectivity index (χ1) is 10.5. The summed E-state index contributed by atoms with van der Waals surface area (Å²) in [5, 5.41) is 0. The van der Waals surface area contributed by atoms with Gasteiger partial charge in [0.25, 0.3) is 0 Å². The quantitative estimate of drug-likeness (QED) is 0.826. The summed E-state index contributed by atoms with van der Waals surface area (Å²) in [5.41, 5.74) is 6.85. The first kappa shape index (κ1) is 16.2. The molecule has 2 aromatic rings. The molecule has 1 unspecified atom stereocenters. The molecule has 5 nitrogen and oxygen atoms in total. The van der Waals surface area contributed by atoms with Crippen molar-refractivity contribution < 1.29 is 17.4 Å². The van der Waals surface area contributed by atoms with Crippen LogP contribution in [0.4, 0.5) is 0 Å². The van der Waals surface area contributed by atoms with E-state index in [1.165, 1.54) is 12.1 Å². The highest BCUT2D eigenvalue weighted by molar-refractivity contribution is 7.87. The van der Waals surface area contributed by atoms with Gasteiger partial charge in [0, 0.05) is 12.5 Å². The lowest BCUT2D eigenvalue weighted by Gasteiger charge is -2.11. The molecule has 0 aliphatic carbocycles. The van der Waals surface area contributed by atoms with Gasteiger partial charge in [-0.1, -0.05) is 48.5 Å². The van der Waals surface area contributed by atoms with Crippen molar-refractivity contribution in [3.63, 3.8) is 0 Å². The first-order valence-corrected chi connectivity index (χ1v) is 8.23. The maximum absolute atomic E-state index is 11.9. The number of rotatable bonds is 6. The van der Waals surface area contributed by atoms with E-state index in [4.69, 9.17) is 5.73 Å². The molecule has 0 aromatic heterocycles. The first-order valence-electron chi connectivity index (χ1n) is 6.82. The second-order valence-electron chi connectivity index (χ2n) is 4.78. The number of carbonyl (C=O) groups excluding carboxylic acids is 1. The molecule has 0 saturated carbocycles. The standard InChI is InChI=1S/C16H17NO4S/c17-15(13-7-3-1-4-8-13)11-12-16(18)21-22(19,20)14-9-5-2-6-10-14/h1-10,15H,11-12,17H2. The van der Waals surface area contributed by atoms with Crippen molar-refractivity contribution in [2.45, 2.75) is 23.8 Å². The maximum Gasteiger partial charge on any atom is 0.341 e. The lowest BCUT2D eigenvalue weighted by atomic mass is 10.0. The van der Waals surface area contributed by atoms with Crippen molar-refractivity contribution in [3.8, 4) is 0 Å². The number of carbonyl (C=O) groups is 1. The van der Waals surface area contributed by atoms with Crippen LogP contribution in [-0.4, -0.2) is 14.4 Å². The Balaban J connectivity index is 1.91. The Hall–Kier alpha value is -2.18. The van der Waals surface area contributed by atoms with Gasteiger partial charge in [-0.05, 0) is 24.1 Å². The molecule has 0 amide bonds. The lowest BCUT2D eigenvalue weighted by molar-refractivity contribution is -0.134. The predicted molar refractivity (Wildman–Crippen MR) is 82.3 cm³/mol. The van der Waals surface area contributed by atoms with Gasteiger partial charge in [0.1, 0.15) is 4.90 Å². The van der Waals surface area contributed by atoms with E-state index in [0.717, 1.165) is 5.56 Å². The molecule has 0 aliphatic rings. The molecule has 0 bridgehead atoms. The van der Waals surface area contributed by atoms with Gasteiger partial charge in [-0.2, -0.15) is 8.42 Å². The fourth-order valence-corrected chi connectivity index (χ4v) is 2.85. The van der Waals surface area contributed by atoms with Crippen LogP contribution in [-0.2, 0) is 19.1 Å². The molecular formula is C16H17NO4S. The molecule has 6 heteroatoms. The Morgan fingerprint density at radius 3 is 2.14 bits per heavy atom. The van der Waals surface area contributed by atoms with Crippen molar-refractivity contribution in [2.75, 3.05) is 0 Å². The van der Waals surface area contributed by atoms with Gasteiger partial charge in [0.05, 0.1) is 0 Å². The Morgan fingerprint density at radius 1 is 1.00 bits per heavy atom. The van der Waals surface area contributed by atoms with Crippen LogP contribution in [0.5, 0.6) is 0 Å². The lowest BCUT2D eigenvalue weighted by Crippen LogP contribution is -2.16. The Kier molecular flexibility index (Phi) is 5.30. The van der Waals surface area contributed by atoms with E-state index in [-0.39, 0.29) is 17.4 Å². The second kappa shape index (κ2) is 7.20. The fourth-order valence-electron chi connectivity index (χ4n) is 1.94. The monoisotopic (exact) mass is 319 g/mol. The molecule has 0 saturated heterocycles. The highest BCUT2D eigenvalue weighted by atomic mass is 32.2. The number of nitrogens with two attached hydrogens (primary N) is 1. The van der Waals surface area contributed by atoms with Gasteiger partial charge in [-0.15, -0.1) is 0 Å². The van der Waals surface area contributed by atoms with E-state index in [2.05, 4.69) is 4.18 Å². The second-order valence-corrected chi connectivity index (χ2v) is 6.32. The smallest absolute Gasteiger partial charge is 0.341 e. The predicted octanol–water partition coefficient (Wildman–Crippen LogP) is 2.40. The van der Waals surface area contributed by atoms with Crippen LogP contribution in [0.1, 0.15) is 24.4 Å². The van der Waals surface area contributed by atoms with Crippen LogP contribution >= 0.6 is 0 Å². The summed E-state index contributed by atoms with van der Waals surface area (Å²) < 4.78 is 28.4. The van der Waals surface area contributed by atoms with Crippen LogP contribution in [0.2, 0.25) is 0 Å². The highest BCUT2D eigenvalue weighted by Crippen LogP contribution is 2.17. The molecule has 2 rings (SSSR count). The van der Waals surface area contributed by atoms with Crippen LogP contribution < -0.4 is 5.73 Å². The van der Waals surface area contributed by atoms with E-state index < -0.39 is 16.1 Å². The maximum atomic E-state index is 11.9. The summed E-state index contributed by atoms with van der Waals surface area (Å²) >= 11 is 0. The van der Waals surface area contributed by atoms with E-state index in [1.54, 1.807) is 18.2 Å². The topological polar surface area (TPSA) is 86.5 Å². The summed E-state index contributed by atoms with van der Waals surface area (Å²) in [6.07, 6.45) is 0.245. The van der Waals surface area contributed by atoms with E-state index >= 15 is 0 Å². The van der Waals surface area contributed by atoms with E-state index in [0.29, 0.717) is 6.42 Å². The van der Waals surface area contributed by atoms with Crippen LogP contribution in [0.3, 0.4) is 0 Å². The fraction of sp³-hybridized carbons (Fsp3) is 0.188. The van der Waals surface area contributed by atoms with Crippen LogP contribution in [0.25, 0.3) is 0 Å². The van der Waals surface area contributed by atoms with Crippen molar-refractivity contribution in [1.29, 1.82) is 0 Å². The Bertz CT molecular complexity index is 714. The van der Waals surface area contributed by atoms with E-state index in [9.17, 15) is 13.2 Å². The van der Waals surface area contributed by atoms with Gasteiger partial charge in [0.15, 0.2) is 0 Å². The molecule has 2 aromatic carbocycles. The summed E-state index contributed by atoms with van der Waals surface area (Å²) in [6.45, 7) is 0. The average molecular weight is 319 g/mol. The molecule has 0 spiro atoms. The molecule has 0 radical (unpaired) electrons. The summed E-state index contributed by atoms with van der Waals surface area (Å²) in [6, 6.07) is 16.5. The van der Waals surface area contributed by atoms with Gasteiger partial charge in [-0.25, -0.2) is 0 Å². The van der Waals surface area contributed by atoms with Crippen LogP contribution in [0, 0.1) is 0 Å². The van der Waals surface area contributed by atoms with Gasteiger partial charge < -0.3 is 9.92 Å². The van der Waals surface area contributed by atoms with Gasteiger partial charge >= 0.3 is 16.1 Å². The zero-order valence-electron chi connectivity index (χ0n) is 11.9. The summed E-state index contributed by atoms with van der Waals surface area (Å²) in [5.74, 6) is -0.810. The number of benzene rings is 2. The van der Waals surface area contributed by atoms with Crippen molar-refractivity contribution >= 4 is 16.1 Å². The minimum absolute atomic E-state index is 0.0456. The largest absolute Gasteiger partial charge is 0.342 e. The molecular weight excluding hydrogens is 302 g/mol.